The molecule has 130 valence electrons. The first-order valence-electron chi connectivity index (χ1n) is 8.00. The lowest BCUT2D eigenvalue weighted by Crippen LogP contribution is -2.13. The third-order valence-corrected chi connectivity index (χ3v) is 4.48. The van der Waals surface area contributed by atoms with Gasteiger partial charge in [0, 0.05) is 28.4 Å². The summed E-state index contributed by atoms with van der Waals surface area (Å²) in [6.45, 7) is 5.32. The van der Waals surface area contributed by atoms with E-state index in [2.05, 4.69) is 16.0 Å². The molecule has 1 aromatic carbocycles. The molecule has 0 aliphatic heterocycles. The number of carbonyl (C=O) groups is 2. The van der Waals surface area contributed by atoms with E-state index in [0.717, 1.165) is 16.5 Å². The molecule has 3 rings (SSSR count). The smallest absolute Gasteiger partial charge is 0.339 e. The van der Waals surface area contributed by atoms with E-state index in [-0.39, 0.29) is 11.3 Å². The molecule has 0 amide bonds. The Morgan fingerprint density at radius 1 is 1.19 bits per heavy atom. The lowest BCUT2D eigenvalue weighted by molar-refractivity contribution is 0.0599. The van der Waals surface area contributed by atoms with Gasteiger partial charge >= 0.3 is 5.97 Å². The number of aromatic amines is 1. The highest BCUT2D eigenvalue weighted by Crippen LogP contribution is 2.25. The summed E-state index contributed by atoms with van der Waals surface area (Å²) in [6, 6.07) is 7.36. The number of rotatable bonds is 3. The summed E-state index contributed by atoms with van der Waals surface area (Å²) < 4.78 is 4.76. The summed E-state index contributed by atoms with van der Waals surface area (Å²) in [7, 11) is 1.29. The monoisotopic (exact) mass is 347 g/mol. The molecule has 0 atom stereocenters. The van der Waals surface area contributed by atoms with Gasteiger partial charge < -0.3 is 9.72 Å². The van der Waals surface area contributed by atoms with Crippen LogP contribution in [0.1, 0.15) is 48.8 Å². The van der Waals surface area contributed by atoms with Crippen molar-refractivity contribution in [1.29, 1.82) is 5.26 Å². The molecule has 0 aliphatic carbocycles. The maximum Gasteiger partial charge on any atom is 0.339 e. The molecule has 2 aromatic heterocycles. The molecule has 0 spiro atoms. The van der Waals surface area contributed by atoms with Crippen molar-refractivity contribution in [3.63, 3.8) is 0 Å². The number of hydrogen-bond donors (Lipinski definition) is 1. The van der Waals surface area contributed by atoms with Crippen LogP contribution in [-0.2, 0) is 4.74 Å². The number of ether oxygens (including phenoxy) is 1. The van der Waals surface area contributed by atoms with Crippen LogP contribution in [0, 0.1) is 32.1 Å². The molecule has 0 bridgehead atoms. The molecule has 26 heavy (non-hydrogen) atoms. The number of benzene rings is 1. The van der Waals surface area contributed by atoms with E-state index in [1.54, 1.807) is 32.0 Å². The Bertz CT molecular complexity index is 1100. The molecule has 0 unspecified atom stereocenters. The predicted octanol–water partition coefficient (Wildman–Crippen LogP) is 3.38. The molecule has 0 saturated heterocycles. The third-order valence-electron chi connectivity index (χ3n) is 4.48. The van der Waals surface area contributed by atoms with Crippen molar-refractivity contribution in [3.05, 3.63) is 63.6 Å². The number of aromatic nitrogens is 2. The summed E-state index contributed by atoms with van der Waals surface area (Å²) in [5.41, 5.74) is 4.24. The first-order chi connectivity index (χ1) is 12.4. The van der Waals surface area contributed by atoms with E-state index in [1.165, 1.54) is 13.3 Å². The number of nitriles is 1. The second kappa shape index (κ2) is 6.45. The van der Waals surface area contributed by atoms with Gasteiger partial charge in [0.15, 0.2) is 0 Å². The van der Waals surface area contributed by atoms with Crippen LogP contribution in [0.2, 0.25) is 0 Å². The van der Waals surface area contributed by atoms with Gasteiger partial charge in [0.2, 0.25) is 5.78 Å². The second-order valence-electron chi connectivity index (χ2n) is 6.13. The number of aryl methyl sites for hydroxylation is 2. The molecular formula is C20H17N3O3. The number of esters is 1. The van der Waals surface area contributed by atoms with Gasteiger partial charge in [-0.25, -0.2) is 4.79 Å². The minimum atomic E-state index is -0.532. The molecule has 3 aromatic rings. The number of H-pyrrole nitrogens is 1. The Morgan fingerprint density at radius 3 is 2.58 bits per heavy atom. The van der Waals surface area contributed by atoms with Crippen molar-refractivity contribution in [1.82, 2.24) is 9.97 Å². The quantitative estimate of drug-likeness (QED) is 0.579. The zero-order valence-electron chi connectivity index (χ0n) is 14.9. The summed E-state index contributed by atoms with van der Waals surface area (Å²) in [5.74, 6) is -0.789. The average Bonchev–Trinajstić information content (AvgIpc) is 3.05. The van der Waals surface area contributed by atoms with E-state index in [4.69, 9.17) is 10.00 Å². The lowest BCUT2D eigenvalue weighted by Gasteiger charge is -2.10. The molecule has 0 saturated carbocycles. The van der Waals surface area contributed by atoms with Crippen LogP contribution < -0.4 is 0 Å². The van der Waals surface area contributed by atoms with E-state index < -0.39 is 5.97 Å². The number of pyridine rings is 1. The fraction of sp³-hybridized carbons (Fsp3) is 0.200. The highest BCUT2D eigenvalue weighted by atomic mass is 16.5. The normalized spacial score (nSPS) is 10.6. The van der Waals surface area contributed by atoms with E-state index >= 15 is 0 Å². The summed E-state index contributed by atoms with van der Waals surface area (Å²) >= 11 is 0. The lowest BCUT2D eigenvalue weighted by atomic mass is 9.97. The van der Waals surface area contributed by atoms with Crippen LogP contribution in [0.5, 0.6) is 0 Å². The minimum Gasteiger partial charge on any atom is -0.465 e. The molecule has 0 radical (unpaired) electrons. The first-order valence-corrected chi connectivity index (χ1v) is 8.00. The van der Waals surface area contributed by atoms with E-state index in [0.29, 0.717) is 28.1 Å². The van der Waals surface area contributed by atoms with Gasteiger partial charge in [0.25, 0.3) is 0 Å². The fourth-order valence-electron chi connectivity index (χ4n) is 3.12. The van der Waals surface area contributed by atoms with Gasteiger partial charge in [-0.2, -0.15) is 5.26 Å². The van der Waals surface area contributed by atoms with Crippen molar-refractivity contribution in [3.8, 4) is 6.07 Å². The van der Waals surface area contributed by atoms with Crippen molar-refractivity contribution < 1.29 is 14.3 Å². The van der Waals surface area contributed by atoms with Crippen LogP contribution in [0.3, 0.4) is 0 Å². The number of fused-ring (bicyclic) bond motifs is 1. The molecule has 6 nitrogen and oxygen atoms in total. The van der Waals surface area contributed by atoms with Crippen molar-refractivity contribution >= 4 is 22.7 Å². The average molecular weight is 347 g/mol. The summed E-state index contributed by atoms with van der Waals surface area (Å²) in [6.07, 6.45) is 1.42. The molecule has 1 N–H and O–H groups in total. The largest absolute Gasteiger partial charge is 0.465 e. The van der Waals surface area contributed by atoms with Crippen LogP contribution in [0.15, 0.2) is 24.4 Å². The number of hydrogen-bond acceptors (Lipinski definition) is 5. The third kappa shape index (κ3) is 2.74. The number of nitrogens with zero attached hydrogens (tertiary/aromatic N) is 2. The van der Waals surface area contributed by atoms with Crippen molar-refractivity contribution in [2.45, 2.75) is 20.8 Å². The highest BCUT2D eigenvalue weighted by Gasteiger charge is 2.22. The Hall–Kier alpha value is -3.46. The van der Waals surface area contributed by atoms with Gasteiger partial charge in [0.1, 0.15) is 0 Å². The highest BCUT2D eigenvalue weighted by molar-refractivity contribution is 6.13. The van der Waals surface area contributed by atoms with Gasteiger partial charge in [0.05, 0.1) is 30.0 Å². The zero-order chi connectivity index (χ0) is 19.0. The van der Waals surface area contributed by atoms with Gasteiger partial charge in [-0.05, 0) is 50.1 Å². The van der Waals surface area contributed by atoms with E-state index in [1.807, 2.05) is 6.92 Å². The van der Waals surface area contributed by atoms with Crippen LogP contribution in [-0.4, -0.2) is 28.8 Å². The number of carbonyl (C=O) groups excluding carboxylic acids is 2. The van der Waals surface area contributed by atoms with E-state index in [9.17, 15) is 9.59 Å². The first kappa shape index (κ1) is 17.4. The van der Waals surface area contributed by atoms with Gasteiger partial charge in [-0.15, -0.1) is 0 Å². The molecule has 2 heterocycles. The van der Waals surface area contributed by atoms with Crippen molar-refractivity contribution in [2.24, 2.45) is 0 Å². The Labute approximate surface area is 150 Å². The molecule has 6 heteroatoms. The maximum absolute atomic E-state index is 13.1. The van der Waals surface area contributed by atoms with Crippen LogP contribution in [0.4, 0.5) is 0 Å². The maximum atomic E-state index is 13.1. The fourth-order valence-corrected chi connectivity index (χ4v) is 3.12. The molecule has 0 fully saturated rings. The summed E-state index contributed by atoms with van der Waals surface area (Å²) in [5, 5.41) is 9.99. The second-order valence-corrected chi connectivity index (χ2v) is 6.13. The Morgan fingerprint density at radius 2 is 1.92 bits per heavy atom. The van der Waals surface area contributed by atoms with Crippen LogP contribution in [0.25, 0.3) is 10.9 Å². The standard InChI is InChI=1S/C20H17N3O3/c1-10-5-13(8-21)6-16-14(10)7-17(23-16)19(24)18-11(2)15(20(25)26-4)9-22-12(18)3/h5-7,9,23H,1-4H3. The topological polar surface area (TPSA) is 95.8 Å². The number of ketones is 1. The Kier molecular flexibility index (Phi) is 4.31. The number of methoxy groups -OCH3 is 1. The Balaban J connectivity index is 2.16. The summed E-state index contributed by atoms with van der Waals surface area (Å²) in [4.78, 5) is 32.3. The molecule has 0 aliphatic rings. The van der Waals surface area contributed by atoms with Crippen molar-refractivity contribution in [2.75, 3.05) is 7.11 Å². The predicted molar refractivity (Wildman–Crippen MR) is 96.2 cm³/mol. The number of nitrogens with one attached hydrogen (secondary N) is 1. The van der Waals surface area contributed by atoms with Gasteiger partial charge in [-0.3, -0.25) is 9.78 Å². The SMILES string of the molecule is COC(=O)c1cnc(C)c(C(=O)c2cc3c(C)cc(C#N)cc3[nH]2)c1C. The zero-order valence-corrected chi connectivity index (χ0v) is 14.9. The van der Waals surface area contributed by atoms with Gasteiger partial charge in [-0.1, -0.05) is 0 Å². The minimum absolute atomic E-state index is 0.257. The van der Waals surface area contributed by atoms with Crippen LogP contribution >= 0.6 is 0 Å². The molecular weight excluding hydrogens is 330 g/mol.